The van der Waals surface area contributed by atoms with E-state index in [2.05, 4.69) is 16.0 Å². The first-order chi connectivity index (χ1) is 11.3. The molecule has 24 heavy (non-hydrogen) atoms. The van der Waals surface area contributed by atoms with Crippen LogP contribution in [0.1, 0.15) is 24.0 Å². The number of carbonyl (C=O) groups is 3. The number of halogens is 3. The third kappa shape index (κ3) is 4.97. The van der Waals surface area contributed by atoms with Gasteiger partial charge in [0.2, 0.25) is 5.91 Å². The van der Waals surface area contributed by atoms with E-state index in [1.54, 1.807) is 0 Å². The number of nitrogens with one attached hydrogen (secondary N) is 3. The second-order valence-electron chi connectivity index (χ2n) is 5.35. The van der Waals surface area contributed by atoms with Crippen molar-refractivity contribution in [1.29, 1.82) is 0 Å². The summed E-state index contributed by atoms with van der Waals surface area (Å²) in [4.78, 5) is 33.9. The molecular weight excluding hydrogens is 327 g/mol. The zero-order valence-electron chi connectivity index (χ0n) is 12.6. The van der Waals surface area contributed by atoms with Crippen molar-refractivity contribution in [1.82, 2.24) is 16.0 Å². The van der Waals surface area contributed by atoms with Crippen LogP contribution in [0.2, 0.25) is 0 Å². The Morgan fingerprint density at radius 3 is 2.38 bits per heavy atom. The highest BCUT2D eigenvalue weighted by Crippen LogP contribution is 2.29. The van der Waals surface area contributed by atoms with Gasteiger partial charge in [0.1, 0.15) is 6.04 Å². The van der Waals surface area contributed by atoms with E-state index in [0.717, 1.165) is 12.1 Å². The maximum absolute atomic E-state index is 12.4. The van der Waals surface area contributed by atoms with Crippen LogP contribution in [0.4, 0.5) is 18.0 Å². The van der Waals surface area contributed by atoms with Crippen molar-refractivity contribution in [2.24, 2.45) is 0 Å². The molecule has 0 bridgehead atoms. The maximum Gasteiger partial charge on any atom is 0.416 e. The van der Waals surface area contributed by atoms with Crippen molar-refractivity contribution in [3.05, 3.63) is 35.4 Å². The Hall–Kier alpha value is -2.58. The highest BCUT2D eigenvalue weighted by molar-refractivity contribution is 6.04. The molecule has 0 aromatic heterocycles. The van der Waals surface area contributed by atoms with E-state index in [1.807, 2.05) is 0 Å². The average Bonchev–Trinajstić information content (AvgIpc) is 2.82. The van der Waals surface area contributed by atoms with Crippen LogP contribution in [0.25, 0.3) is 0 Å². The van der Waals surface area contributed by atoms with Crippen LogP contribution >= 0.6 is 0 Å². The molecule has 1 saturated heterocycles. The molecule has 2 rings (SSSR count). The van der Waals surface area contributed by atoms with Gasteiger partial charge in [-0.15, -0.1) is 0 Å². The number of benzene rings is 1. The largest absolute Gasteiger partial charge is 0.416 e. The van der Waals surface area contributed by atoms with Crippen molar-refractivity contribution in [3.8, 4) is 0 Å². The first-order valence-electron chi connectivity index (χ1n) is 7.30. The van der Waals surface area contributed by atoms with Crippen molar-refractivity contribution in [2.45, 2.75) is 31.5 Å². The molecule has 0 radical (unpaired) electrons. The summed E-state index contributed by atoms with van der Waals surface area (Å²) in [6.45, 7) is 0.271. The zero-order chi connectivity index (χ0) is 17.7. The Morgan fingerprint density at radius 1 is 1.17 bits per heavy atom. The molecule has 9 heteroatoms. The van der Waals surface area contributed by atoms with E-state index in [1.165, 1.54) is 12.1 Å². The minimum Gasteiger partial charge on any atom is -0.356 e. The summed E-state index contributed by atoms with van der Waals surface area (Å²) in [5.74, 6) is -0.756. The Kier molecular flexibility index (Phi) is 5.42. The average molecular weight is 343 g/mol. The maximum atomic E-state index is 12.4. The molecule has 6 nitrogen and oxygen atoms in total. The fourth-order valence-corrected chi connectivity index (χ4v) is 2.23. The number of carbonyl (C=O) groups excluding carboxylic acids is 3. The normalized spacial score (nSPS) is 17.4. The number of amides is 4. The van der Waals surface area contributed by atoms with Gasteiger partial charge in [0.05, 0.1) is 5.56 Å². The van der Waals surface area contributed by atoms with Crippen LogP contribution in [0.5, 0.6) is 0 Å². The summed E-state index contributed by atoms with van der Waals surface area (Å²) in [6, 6.07) is 3.45. The Balaban J connectivity index is 1.69. The van der Waals surface area contributed by atoms with Crippen LogP contribution in [-0.2, 0) is 22.2 Å². The molecule has 1 aliphatic rings. The molecule has 1 atom stereocenters. The number of rotatable bonds is 6. The quantitative estimate of drug-likeness (QED) is 0.682. The molecule has 1 aromatic carbocycles. The van der Waals surface area contributed by atoms with Crippen molar-refractivity contribution < 1.29 is 27.6 Å². The third-order valence-electron chi connectivity index (χ3n) is 3.54. The van der Waals surface area contributed by atoms with E-state index >= 15 is 0 Å². The molecule has 1 unspecified atom stereocenters. The number of imide groups is 1. The van der Waals surface area contributed by atoms with Crippen molar-refractivity contribution >= 4 is 17.8 Å². The monoisotopic (exact) mass is 343 g/mol. The molecule has 1 heterocycles. The van der Waals surface area contributed by atoms with Gasteiger partial charge in [-0.25, -0.2) is 4.79 Å². The molecule has 0 saturated carbocycles. The number of urea groups is 1. The Morgan fingerprint density at radius 2 is 1.83 bits per heavy atom. The van der Waals surface area contributed by atoms with Crippen LogP contribution < -0.4 is 16.0 Å². The molecule has 4 amide bonds. The van der Waals surface area contributed by atoms with Gasteiger partial charge in [0, 0.05) is 13.0 Å². The summed E-state index contributed by atoms with van der Waals surface area (Å²) >= 11 is 0. The number of alkyl halides is 3. The van der Waals surface area contributed by atoms with Gasteiger partial charge in [-0.2, -0.15) is 13.2 Å². The minimum absolute atomic E-state index is 0.0609. The second-order valence-corrected chi connectivity index (χ2v) is 5.35. The van der Waals surface area contributed by atoms with E-state index < -0.39 is 29.7 Å². The third-order valence-corrected chi connectivity index (χ3v) is 3.54. The van der Waals surface area contributed by atoms with E-state index in [0.29, 0.717) is 12.0 Å². The molecule has 1 aromatic rings. The van der Waals surface area contributed by atoms with Crippen LogP contribution in [0, 0.1) is 0 Å². The Labute approximate surface area is 135 Å². The van der Waals surface area contributed by atoms with Crippen LogP contribution in [0.3, 0.4) is 0 Å². The lowest BCUT2D eigenvalue weighted by molar-refractivity contribution is -0.137. The molecule has 0 aliphatic carbocycles. The van der Waals surface area contributed by atoms with Crippen LogP contribution in [0.15, 0.2) is 24.3 Å². The molecule has 130 valence electrons. The molecule has 0 spiro atoms. The summed E-state index contributed by atoms with van der Waals surface area (Å²) in [7, 11) is 0. The van der Waals surface area contributed by atoms with Gasteiger partial charge in [-0.1, -0.05) is 12.1 Å². The smallest absolute Gasteiger partial charge is 0.356 e. The fourth-order valence-electron chi connectivity index (χ4n) is 2.23. The zero-order valence-corrected chi connectivity index (χ0v) is 12.6. The second kappa shape index (κ2) is 7.33. The predicted octanol–water partition coefficient (Wildman–Crippen LogP) is 1.35. The molecule has 1 fully saturated rings. The van der Waals surface area contributed by atoms with Gasteiger partial charge in [0.25, 0.3) is 5.91 Å². The summed E-state index contributed by atoms with van der Waals surface area (Å²) < 4.78 is 37.3. The lowest BCUT2D eigenvalue weighted by atomic mass is 10.1. The SMILES string of the molecule is O=C(CCC1NC(=O)NC1=O)NCCc1ccc(C(F)(F)F)cc1. The van der Waals surface area contributed by atoms with Gasteiger partial charge < -0.3 is 10.6 Å². The molecular formula is C15H16F3N3O3. The predicted molar refractivity (Wildman–Crippen MR) is 77.9 cm³/mol. The summed E-state index contributed by atoms with van der Waals surface area (Å²) in [5.41, 5.74) is -0.0436. The van der Waals surface area contributed by atoms with E-state index in [-0.39, 0.29) is 25.3 Å². The first kappa shape index (κ1) is 17.8. The highest BCUT2D eigenvalue weighted by atomic mass is 19.4. The molecule has 3 N–H and O–H groups in total. The number of hydrogen-bond acceptors (Lipinski definition) is 3. The van der Waals surface area contributed by atoms with Crippen molar-refractivity contribution in [3.63, 3.8) is 0 Å². The van der Waals surface area contributed by atoms with Gasteiger partial charge >= 0.3 is 12.2 Å². The van der Waals surface area contributed by atoms with Gasteiger partial charge in [-0.05, 0) is 30.5 Å². The van der Waals surface area contributed by atoms with Crippen LogP contribution in [-0.4, -0.2) is 30.4 Å². The lowest BCUT2D eigenvalue weighted by Gasteiger charge is -2.09. The standard InChI is InChI=1S/C15H16F3N3O3/c16-15(17,18)10-3-1-9(2-4-10)7-8-19-12(22)6-5-11-13(23)21-14(24)20-11/h1-4,11H,5-8H2,(H,19,22)(H2,20,21,23,24). The van der Waals surface area contributed by atoms with Crippen molar-refractivity contribution in [2.75, 3.05) is 6.54 Å². The topological polar surface area (TPSA) is 87.3 Å². The fraction of sp³-hybridized carbons (Fsp3) is 0.400. The lowest BCUT2D eigenvalue weighted by Crippen LogP contribution is -2.32. The summed E-state index contributed by atoms with van der Waals surface area (Å²) in [5, 5.41) is 7.08. The first-order valence-corrected chi connectivity index (χ1v) is 7.30. The minimum atomic E-state index is -4.37. The van der Waals surface area contributed by atoms with Gasteiger partial charge in [-0.3, -0.25) is 14.9 Å². The van der Waals surface area contributed by atoms with Gasteiger partial charge in [0.15, 0.2) is 0 Å². The highest BCUT2D eigenvalue weighted by Gasteiger charge is 2.30. The molecule has 1 aliphatic heterocycles. The number of hydrogen-bond donors (Lipinski definition) is 3. The van der Waals surface area contributed by atoms with E-state index in [4.69, 9.17) is 0 Å². The Bertz CT molecular complexity index is 629. The van der Waals surface area contributed by atoms with E-state index in [9.17, 15) is 27.6 Å². The summed E-state index contributed by atoms with van der Waals surface area (Å²) in [6.07, 6.45) is -3.73.